The zero-order valence-electron chi connectivity index (χ0n) is 22.0. The van der Waals surface area contributed by atoms with Gasteiger partial charge < -0.3 is 0 Å². The maximum Gasteiger partial charge on any atom is 0.416 e. The van der Waals surface area contributed by atoms with E-state index in [1.54, 1.807) is 12.2 Å². The van der Waals surface area contributed by atoms with Gasteiger partial charge in [-0.15, -0.1) is 0 Å². The maximum atomic E-state index is 12.9. The van der Waals surface area contributed by atoms with Crippen molar-refractivity contribution < 1.29 is 26.3 Å². The summed E-state index contributed by atoms with van der Waals surface area (Å²) in [6.07, 6.45) is -1.38. The van der Waals surface area contributed by atoms with Crippen LogP contribution in [-0.4, -0.2) is 0 Å². The number of alkyl halides is 6. The Morgan fingerprint density at radius 1 is 0.333 bits per heavy atom. The highest BCUT2D eigenvalue weighted by Crippen LogP contribution is 2.37. The van der Waals surface area contributed by atoms with Gasteiger partial charge in [0.25, 0.3) is 0 Å². The number of rotatable bonds is 4. The molecule has 0 atom stereocenters. The first-order valence-corrected chi connectivity index (χ1v) is 13.2. The predicted molar refractivity (Wildman–Crippen MR) is 160 cm³/mol. The molecule has 208 valence electrons. The van der Waals surface area contributed by atoms with Gasteiger partial charge in [0.15, 0.2) is 0 Å². The van der Waals surface area contributed by atoms with Gasteiger partial charge in [-0.1, -0.05) is 97.1 Å². The van der Waals surface area contributed by atoms with E-state index >= 15 is 0 Å². The first-order valence-electron chi connectivity index (χ1n) is 13.2. The van der Waals surface area contributed by atoms with Gasteiger partial charge in [-0.25, -0.2) is 0 Å². The van der Waals surface area contributed by atoms with Crippen molar-refractivity contribution in [1.29, 1.82) is 0 Å². The van der Waals surface area contributed by atoms with Crippen LogP contribution in [0.15, 0.2) is 109 Å². The average Bonchev–Trinajstić information content (AvgIpc) is 2.98. The van der Waals surface area contributed by atoms with Crippen LogP contribution in [0.1, 0.15) is 33.4 Å². The first kappa shape index (κ1) is 27.3. The lowest BCUT2D eigenvalue weighted by atomic mass is 9.92. The van der Waals surface area contributed by atoms with Gasteiger partial charge in [-0.3, -0.25) is 0 Å². The van der Waals surface area contributed by atoms with Crippen molar-refractivity contribution >= 4 is 56.6 Å². The third kappa shape index (κ3) is 5.53. The topological polar surface area (TPSA) is 0 Å². The highest BCUT2D eigenvalue weighted by molar-refractivity contribution is 6.25. The second-order valence-electron chi connectivity index (χ2n) is 10.1. The van der Waals surface area contributed by atoms with E-state index in [4.69, 9.17) is 0 Å². The van der Waals surface area contributed by atoms with E-state index in [1.807, 2.05) is 48.6 Å². The van der Waals surface area contributed by atoms with E-state index in [9.17, 15) is 26.3 Å². The highest BCUT2D eigenvalue weighted by Gasteiger charge is 2.30. The van der Waals surface area contributed by atoms with Crippen LogP contribution in [0, 0.1) is 0 Å². The molecule has 0 aliphatic heterocycles. The summed E-state index contributed by atoms with van der Waals surface area (Å²) in [5, 5.41) is 6.37. The smallest absolute Gasteiger partial charge is 0.166 e. The summed E-state index contributed by atoms with van der Waals surface area (Å²) < 4.78 is 77.3. The number of fused-ring (bicyclic) bond motifs is 6. The van der Waals surface area contributed by atoms with Crippen molar-refractivity contribution in [2.45, 2.75) is 12.4 Å². The maximum absolute atomic E-state index is 12.9. The molecule has 0 fully saturated rings. The van der Waals surface area contributed by atoms with Gasteiger partial charge in [-0.2, -0.15) is 26.3 Å². The molecule has 0 heterocycles. The minimum absolute atomic E-state index is 0.670. The van der Waals surface area contributed by atoms with Gasteiger partial charge >= 0.3 is 12.4 Å². The Morgan fingerprint density at radius 2 is 0.643 bits per heavy atom. The molecule has 42 heavy (non-hydrogen) atoms. The quantitative estimate of drug-likeness (QED) is 0.113. The van der Waals surface area contributed by atoms with Gasteiger partial charge in [0.05, 0.1) is 11.1 Å². The zero-order chi connectivity index (χ0) is 29.5. The van der Waals surface area contributed by atoms with Crippen LogP contribution >= 0.6 is 0 Å². The lowest BCUT2D eigenvalue weighted by Crippen LogP contribution is -2.03. The number of benzene rings is 6. The molecule has 0 saturated heterocycles. The monoisotopic (exact) mass is 568 g/mol. The van der Waals surface area contributed by atoms with Crippen LogP contribution in [0.25, 0.3) is 56.6 Å². The molecular weight excluding hydrogens is 546 g/mol. The Labute approximate surface area is 237 Å². The third-order valence-corrected chi connectivity index (χ3v) is 7.30. The minimum Gasteiger partial charge on any atom is -0.166 e. The van der Waals surface area contributed by atoms with E-state index in [2.05, 4.69) is 24.3 Å². The SMILES string of the molecule is FC(F)(F)c1ccc(C=Cc2ccc3c4ccc(C=Cc5ccc(C(F)(F)F)cc5)cc4c4ccccc4c3c2)cc1. The lowest BCUT2D eigenvalue weighted by Gasteiger charge is -2.12. The predicted octanol–water partition coefficient (Wildman–Crippen LogP) is 11.5. The van der Waals surface area contributed by atoms with Crippen LogP contribution < -0.4 is 0 Å². The summed E-state index contributed by atoms with van der Waals surface area (Å²) in [5.41, 5.74) is 1.82. The van der Waals surface area contributed by atoms with E-state index in [1.165, 1.54) is 24.3 Å². The molecule has 0 amide bonds. The first-order chi connectivity index (χ1) is 20.1. The Morgan fingerprint density at radius 3 is 1.00 bits per heavy atom. The Bertz CT molecular complexity index is 1810. The second-order valence-corrected chi connectivity index (χ2v) is 10.1. The van der Waals surface area contributed by atoms with Crippen LogP contribution in [0.2, 0.25) is 0 Å². The van der Waals surface area contributed by atoms with Gasteiger partial charge in [0.1, 0.15) is 0 Å². The highest BCUT2D eigenvalue weighted by atomic mass is 19.4. The fourth-order valence-electron chi connectivity index (χ4n) is 5.15. The largest absolute Gasteiger partial charge is 0.416 e. The van der Waals surface area contributed by atoms with E-state index in [0.717, 1.165) is 67.7 Å². The zero-order valence-corrected chi connectivity index (χ0v) is 22.0. The summed E-state index contributed by atoms with van der Waals surface area (Å²) in [7, 11) is 0. The van der Waals surface area contributed by atoms with Crippen molar-refractivity contribution in [2.24, 2.45) is 0 Å². The summed E-state index contributed by atoms with van der Waals surface area (Å²) in [5.74, 6) is 0. The molecule has 0 aliphatic carbocycles. The second kappa shape index (κ2) is 10.5. The molecular formula is C36H22F6. The normalized spacial score (nSPS) is 12.8. The molecule has 6 aromatic rings. The van der Waals surface area contributed by atoms with Crippen molar-refractivity contribution in [3.8, 4) is 0 Å². The summed E-state index contributed by atoms with van der Waals surface area (Å²) in [6.45, 7) is 0. The van der Waals surface area contributed by atoms with Crippen LogP contribution in [0.5, 0.6) is 0 Å². The summed E-state index contributed by atoms with van der Waals surface area (Å²) >= 11 is 0. The Balaban J connectivity index is 1.36. The van der Waals surface area contributed by atoms with Gasteiger partial charge in [0, 0.05) is 0 Å². The van der Waals surface area contributed by atoms with E-state index in [0.29, 0.717) is 11.1 Å². The van der Waals surface area contributed by atoms with E-state index in [-0.39, 0.29) is 0 Å². The third-order valence-electron chi connectivity index (χ3n) is 7.30. The van der Waals surface area contributed by atoms with Crippen molar-refractivity contribution in [3.05, 3.63) is 143 Å². The molecule has 0 radical (unpaired) electrons. The number of hydrogen-bond donors (Lipinski definition) is 0. The average molecular weight is 569 g/mol. The van der Waals surface area contributed by atoms with Gasteiger partial charge in [-0.05, 0) is 91.0 Å². The van der Waals surface area contributed by atoms with Crippen LogP contribution in [0.4, 0.5) is 26.3 Å². The molecule has 6 aromatic carbocycles. The molecule has 6 heteroatoms. The summed E-state index contributed by atoms with van der Waals surface area (Å²) in [4.78, 5) is 0. The molecule has 0 aromatic heterocycles. The fourth-order valence-corrected chi connectivity index (χ4v) is 5.15. The fraction of sp³-hybridized carbons (Fsp3) is 0.0556. The Hall–Kier alpha value is -4.84. The molecule has 0 saturated carbocycles. The van der Waals surface area contributed by atoms with E-state index < -0.39 is 23.5 Å². The number of halogens is 6. The standard InChI is InChI=1S/C36H22F6/c37-35(38,39)27-15-9-23(10-16-27)5-7-25-13-19-31-32-20-14-26(8-6-24-11-17-28(18-12-24)36(40,41)42)22-34(32)30-4-2-1-3-29(30)33(31)21-25/h1-22H. The van der Waals surface area contributed by atoms with Crippen molar-refractivity contribution in [2.75, 3.05) is 0 Å². The van der Waals surface area contributed by atoms with Crippen molar-refractivity contribution in [3.63, 3.8) is 0 Å². The molecule has 0 nitrogen and oxygen atoms in total. The van der Waals surface area contributed by atoms with Crippen LogP contribution in [-0.2, 0) is 12.4 Å². The van der Waals surface area contributed by atoms with Crippen molar-refractivity contribution in [1.82, 2.24) is 0 Å². The summed E-state index contributed by atoms with van der Waals surface area (Å²) in [6, 6.07) is 30.4. The lowest BCUT2D eigenvalue weighted by molar-refractivity contribution is -0.138. The Kier molecular flexibility index (Phi) is 6.85. The van der Waals surface area contributed by atoms with Crippen LogP contribution in [0.3, 0.4) is 0 Å². The molecule has 0 bridgehead atoms. The molecule has 0 spiro atoms. The minimum atomic E-state index is -4.37. The molecule has 0 unspecified atom stereocenters. The van der Waals surface area contributed by atoms with Gasteiger partial charge in [0.2, 0.25) is 0 Å². The number of hydrogen-bond acceptors (Lipinski definition) is 0. The molecule has 6 rings (SSSR count). The molecule has 0 aliphatic rings. The molecule has 0 N–H and O–H groups in total.